The third-order valence-corrected chi connectivity index (χ3v) is 3.94. The van der Waals surface area contributed by atoms with Gasteiger partial charge in [-0.2, -0.15) is 0 Å². The van der Waals surface area contributed by atoms with Gasteiger partial charge < -0.3 is 19.5 Å². The van der Waals surface area contributed by atoms with Gasteiger partial charge in [0.05, 0.1) is 12.2 Å². The Hall–Kier alpha value is -1.77. The number of nitrogens with zero attached hydrogens (tertiary/aromatic N) is 3. The average molecular weight is 472 g/mol. The van der Waals surface area contributed by atoms with Gasteiger partial charge in [-0.05, 0) is 39.3 Å². The molecular weight excluding hydrogens is 443 g/mol. The molecule has 7 heteroatoms. The molecule has 0 aliphatic carbocycles. The van der Waals surface area contributed by atoms with E-state index in [1.165, 1.54) is 0 Å². The molecule has 1 aromatic heterocycles. The lowest BCUT2D eigenvalue weighted by molar-refractivity contribution is 0.281. The lowest BCUT2D eigenvalue weighted by Gasteiger charge is -2.22. The molecule has 1 N–H and O–H groups in total. The Kier molecular flexibility index (Phi) is 10.1. The second-order valence-corrected chi connectivity index (χ2v) is 5.87. The molecule has 0 fully saturated rings. The van der Waals surface area contributed by atoms with Crippen LogP contribution in [-0.2, 0) is 6.42 Å². The maximum absolute atomic E-state index is 5.75. The van der Waals surface area contributed by atoms with Crippen LogP contribution in [0.3, 0.4) is 0 Å². The largest absolute Gasteiger partial charge is 0.492 e. The van der Waals surface area contributed by atoms with Crippen molar-refractivity contribution in [3.8, 4) is 5.75 Å². The van der Waals surface area contributed by atoms with Crippen molar-refractivity contribution in [2.75, 3.05) is 33.3 Å². The van der Waals surface area contributed by atoms with Crippen LogP contribution < -0.4 is 10.1 Å². The van der Waals surface area contributed by atoms with Gasteiger partial charge in [0.2, 0.25) is 0 Å². The van der Waals surface area contributed by atoms with E-state index in [2.05, 4.69) is 22.3 Å². The molecule has 1 heterocycles. The highest BCUT2D eigenvalue weighted by Gasteiger charge is 2.09. The monoisotopic (exact) mass is 472 g/mol. The Balaban J connectivity index is 0.00000338. The first-order chi connectivity index (χ1) is 12.1. The van der Waals surface area contributed by atoms with Crippen LogP contribution in [0.2, 0.25) is 0 Å². The fourth-order valence-electron chi connectivity index (χ4n) is 2.53. The maximum Gasteiger partial charge on any atom is 0.193 e. The van der Waals surface area contributed by atoms with Crippen LogP contribution in [0.4, 0.5) is 0 Å². The Labute approximate surface area is 173 Å². The molecule has 0 amide bonds. The Bertz CT molecular complexity index is 654. The van der Waals surface area contributed by atoms with Crippen LogP contribution in [0.1, 0.15) is 23.9 Å². The topological polar surface area (TPSA) is 62.9 Å². The van der Waals surface area contributed by atoms with Crippen molar-refractivity contribution < 1.29 is 9.26 Å². The molecule has 0 aliphatic rings. The molecule has 0 saturated carbocycles. The van der Waals surface area contributed by atoms with E-state index in [0.29, 0.717) is 13.2 Å². The van der Waals surface area contributed by atoms with Crippen LogP contribution in [0, 0.1) is 13.8 Å². The van der Waals surface area contributed by atoms with Crippen molar-refractivity contribution in [3.63, 3.8) is 0 Å². The first kappa shape index (κ1) is 22.3. The van der Waals surface area contributed by atoms with Gasteiger partial charge in [0, 0.05) is 25.7 Å². The van der Waals surface area contributed by atoms with Crippen molar-refractivity contribution in [1.82, 2.24) is 15.4 Å². The molecule has 6 nitrogen and oxygen atoms in total. The van der Waals surface area contributed by atoms with Crippen LogP contribution in [0.5, 0.6) is 5.75 Å². The summed E-state index contributed by atoms with van der Waals surface area (Å²) in [6.45, 7) is 8.85. The van der Waals surface area contributed by atoms with E-state index in [9.17, 15) is 0 Å². The number of aromatic nitrogens is 1. The van der Waals surface area contributed by atoms with Crippen molar-refractivity contribution >= 4 is 29.9 Å². The van der Waals surface area contributed by atoms with Crippen LogP contribution in [-0.4, -0.2) is 49.3 Å². The summed E-state index contributed by atoms with van der Waals surface area (Å²) in [7, 11) is 2.02. The van der Waals surface area contributed by atoms with Crippen molar-refractivity contribution in [1.29, 1.82) is 0 Å². The Morgan fingerprint density at radius 3 is 2.62 bits per heavy atom. The Morgan fingerprint density at radius 2 is 2.00 bits per heavy atom. The van der Waals surface area contributed by atoms with E-state index in [0.717, 1.165) is 48.2 Å². The fourth-order valence-corrected chi connectivity index (χ4v) is 2.53. The number of hydrogen-bond acceptors (Lipinski definition) is 4. The van der Waals surface area contributed by atoms with Gasteiger partial charge in [0.25, 0.3) is 0 Å². The van der Waals surface area contributed by atoms with Gasteiger partial charge in [0.15, 0.2) is 5.96 Å². The third-order valence-electron chi connectivity index (χ3n) is 3.94. The van der Waals surface area contributed by atoms with Gasteiger partial charge >= 0.3 is 0 Å². The molecule has 0 saturated heterocycles. The molecule has 2 rings (SSSR count). The van der Waals surface area contributed by atoms with Gasteiger partial charge in [-0.1, -0.05) is 23.4 Å². The zero-order valence-corrected chi connectivity index (χ0v) is 18.3. The number of para-hydroxylation sites is 1. The minimum absolute atomic E-state index is 0. The van der Waals surface area contributed by atoms with Crippen LogP contribution in [0.25, 0.3) is 0 Å². The highest BCUT2D eigenvalue weighted by atomic mass is 127. The van der Waals surface area contributed by atoms with Gasteiger partial charge in [-0.3, -0.25) is 4.99 Å². The summed E-state index contributed by atoms with van der Waals surface area (Å²) in [4.78, 5) is 6.79. The number of rotatable bonds is 8. The number of aliphatic imine (C=N–C) groups is 1. The minimum Gasteiger partial charge on any atom is -0.492 e. The molecule has 0 atom stereocenters. The molecule has 0 unspecified atom stereocenters. The first-order valence-electron chi connectivity index (χ1n) is 8.70. The Morgan fingerprint density at radius 1 is 1.27 bits per heavy atom. The number of nitrogens with one attached hydrogen (secondary N) is 1. The zero-order chi connectivity index (χ0) is 18.1. The molecule has 2 aromatic rings. The minimum atomic E-state index is 0. The van der Waals surface area contributed by atoms with Gasteiger partial charge in [-0.15, -0.1) is 24.0 Å². The number of hydrogen-bond donors (Lipinski definition) is 1. The van der Waals surface area contributed by atoms with Crippen molar-refractivity contribution in [2.24, 2.45) is 4.99 Å². The van der Waals surface area contributed by atoms with E-state index >= 15 is 0 Å². The normalized spacial score (nSPS) is 11.0. The van der Waals surface area contributed by atoms with E-state index < -0.39 is 0 Å². The summed E-state index contributed by atoms with van der Waals surface area (Å²) < 4.78 is 11.0. The quantitative estimate of drug-likeness (QED) is 0.363. The molecule has 144 valence electrons. The number of halogens is 1. The smallest absolute Gasteiger partial charge is 0.193 e. The lowest BCUT2D eigenvalue weighted by Crippen LogP contribution is -2.41. The van der Waals surface area contributed by atoms with Crippen molar-refractivity contribution in [2.45, 2.75) is 27.2 Å². The zero-order valence-electron chi connectivity index (χ0n) is 16.0. The van der Waals surface area contributed by atoms with Gasteiger partial charge in [0.1, 0.15) is 18.1 Å². The van der Waals surface area contributed by atoms with E-state index in [-0.39, 0.29) is 24.0 Å². The number of aryl methyl sites for hydroxylation is 2. The lowest BCUT2D eigenvalue weighted by atomic mass is 10.1. The fraction of sp³-hybridized carbons (Fsp3) is 0.474. The number of likely N-dealkylation sites (N-methyl/N-ethyl adjacent to an activating group) is 1. The number of benzene rings is 1. The SMILES string of the molecule is CCNC(=NCCc1c(C)noc1C)N(C)CCOc1ccccc1.I. The second kappa shape index (κ2) is 11.8. The molecule has 1 aromatic carbocycles. The van der Waals surface area contributed by atoms with Crippen LogP contribution in [0.15, 0.2) is 39.8 Å². The molecular formula is C19H29IN4O2. The highest BCUT2D eigenvalue weighted by molar-refractivity contribution is 14.0. The predicted molar refractivity (Wildman–Crippen MR) is 116 cm³/mol. The van der Waals surface area contributed by atoms with Crippen LogP contribution >= 0.6 is 24.0 Å². The summed E-state index contributed by atoms with van der Waals surface area (Å²) in [6, 6.07) is 9.85. The molecule has 26 heavy (non-hydrogen) atoms. The number of ether oxygens (including phenoxy) is 1. The van der Waals surface area contributed by atoms with E-state index in [4.69, 9.17) is 14.3 Å². The number of guanidine groups is 1. The molecule has 0 spiro atoms. The summed E-state index contributed by atoms with van der Waals surface area (Å²) in [5.41, 5.74) is 2.09. The van der Waals surface area contributed by atoms with Gasteiger partial charge in [-0.25, -0.2) is 0 Å². The summed E-state index contributed by atoms with van der Waals surface area (Å²) in [5, 5.41) is 7.31. The third kappa shape index (κ3) is 6.86. The summed E-state index contributed by atoms with van der Waals surface area (Å²) >= 11 is 0. The van der Waals surface area contributed by atoms with Crippen molar-refractivity contribution in [3.05, 3.63) is 47.3 Å². The predicted octanol–water partition coefficient (Wildman–Crippen LogP) is 3.43. The summed E-state index contributed by atoms with van der Waals surface area (Å²) in [6.07, 6.45) is 0.824. The molecule has 0 radical (unpaired) electrons. The average Bonchev–Trinajstić information content (AvgIpc) is 2.93. The first-order valence-corrected chi connectivity index (χ1v) is 8.70. The van der Waals surface area contributed by atoms with E-state index in [1.54, 1.807) is 0 Å². The van der Waals surface area contributed by atoms with E-state index in [1.807, 2.05) is 51.2 Å². The molecule has 0 aliphatic heterocycles. The standard InChI is InChI=1S/C19H28N4O2.HI/c1-5-20-19(21-12-11-18-15(2)22-25-16(18)3)23(4)13-14-24-17-9-7-6-8-10-17;/h6-10H,5,11-14H2,1-4H3,(H,20,21);1H. The molecule has 0 bridgehead atoms. The maximum atomic E-state index is 5.75. The second-order valence-electron chi connectivity index (χ2n) is 5.87. The highest BCUT2D eigenvalue weighted by Crippen LogP contribution is 2.12. The summed E-state index contributed by atoms with van der Waals surface area (Å²) in [5.74, 6) is 2.64.